The molecule has 1 atom stereocenters. The molecule has 0 aliphatic rings. The SMILES string of the molecule is C=CC(C(=O)O)c1ccc(Oc2c(-c3ccc(OC)cc3)ccc3ccccc23)cc1. The molecule has 4 aromatic rings. The lowest BCUT2D eigenvalue weighted by Crippen LogP contribution is -2.08. The van der Waals surface area contributed by atoms with Gasteiger partial charge in [-0.2, -0.15) is 0 Å². The Hall–Kier alpha value is -4.05. The summed E-state index contributed by atoms with van der Waals surface area (Å²) in [5, 5.41) is 11.4. The van der Waals surface area contributed by atoms with Gasteiger partial charge in [-0.3, -0.25) is 4.79 Å². The number of methoxy groups -OCH3 is 1. The molecule has 0 bridgehead atoms. The second-order valence-corrected chi connectivity index (χ2v) is 7.11. The van der Waals surface area contributed by atoms with E-state index in [1.165, 1.54) is 6.08 Å². The average molecular weight is 410 g/mol. The van der Waals surface area contributed by atoms with Crippen molar-refractivity contribution in [3.63, 3.8) is 0 Å². The predicted octanol–water partition coefficient (Wildman–Crippen LogP) is 6.66. The molecule has 31 heavy (non-hydrogen) atoms. The van der Waals surface area contributed by atoms with E-state index in [4.69, 9.17) is 9.47 Å². The van der Waals surface area contributed by atoms with Crippen LogP contribution in [0, 0.1) is 0 Å². The molecule has 4 rings (SSSR count). The van der Waals surface area contributed by atoms with Crippen LogP contribution in [0.4, 0.5) is 0 Å². The van der Waals surface area contributed by atoms with Crippen LogP contribution in [-0.2, 0) is 4.79 Å². The zero-order valence-electron chi connectivity index (χ0n) is 17.1. The summed E-state index contributed by atoms with van der Waals surface area (Å²) in [7, 11) is 1.64. The van der Waals surface area contributed by atoms with E-state index in [1.807, 2.05) is 54.6 Å². The van der Waals surface area contributed by atoms with E-state index in [0.717, 1.165) is 33.4 Å². The standard InChI is InChI=1S/C27H22O4/c1-3-23(27(28)29)19-10-15-22(16-11-19)31-26-24-7-5-4-6-18(24)12-17-25(26)20-8-13-21(30-2)14-9-20/h3-17,23H,1H2,2H3,(H,28,29). The van der Waals surface area contributed by atoms with E-state index in [9.17, 15) is 9.90 Å². The zero-order chi connectivity index (χ0) is 21.8. The number of hydrogen-bond donors (Lipinski definition) is 1. The topological polar surface area (TPSA) is 55.8 Å². The van der Waals surface area contributed by atoms with Gasteiger partial charge < -0.3 is 14.6 Å². The number of rotatable bonds is 7. The number of aliphatic carboxylic acids is 1. The number of carboxylic acid groups (broad SMARTS) is 1. The predicted molar refractivity (Wildman–Crippen MR) is 123 cm³/mol. The molecule has 0 fully saturated rings. The zero-order valence-corrected chi connectivity index (χ0v) is 17.1. The minimum Gasteiger partial charge on any atom is -0.497 e. The van der Waals surface area contributed by atoms with E-state index in [2.05, 4.69) is 12.6 Å². The van der Waals surface area contributed by atoms with Crippen LogP contribution in [0.15, 0.2) is 97.6 Å². The Morgan fingerprint density at radius 1 is 0.903 bits per heavy atom. The molecule has 0 aromatic heterocycles. The van der Waals surface area contributed by atoms with Gasteiger partial charge >= 0.3 is 5.97 Å². The molecule has 154 valence electrons. The molecule has 0 aliphatic heterocycles. The Labute approximate surface area is 181 Å². The lowest BCUT2D eigenvalue weighted by molar-refractivity contribution is -0.137. The summed E-state index contributed by atoms with van der Waals surface area (Å²) in [6.45, 7) is 3.62. The van der Waals surface area contributed by atoms with Crippen LogP contribution in [0.1, 0.15) is 11.5 Å². The molecule has 1 unspecified atom stereocenters. The smallest absolute Gasteiger partial charge is 0.314 e. The molecule has 1 N–H and O–H groups in total. The van der Waals surface area contributed by atoms with Gasteiger partial charge in [0.1, 0.15) is 17.2 Å². The largest absolute Gasteiger partial charge is 0.497 e. The summed E-state index contributed by atoms with van der Waals surface area (Å²) in [5.74, 6) is 0.483. The molecule has 0 spiro atoms. The molecule has 0 heterocycles. The Morgan fingerprint density at radius 3 is 2.23 bits per heavy atom. The van der Waals surface area contributed by atoms with Crippen molar-refractivity contribution in [2.24, 2.45) is 0 Å². The van der Waals surface area contributed by atoms with Crippen molar-refractivity contribution < 1.29 is 19.4 Å². The van der Waals surface area contributed by atoms with E-state index >= 15 is 0 Å². The maximum absolute atomic E-state index is 11.4. The number of carbonyl (C=O) groups is 1. The molecule has 0 amide bonds. The fourth-order valence-electron chi connectivity index (χ4n) is 3.59. The molecule has 0 radical (unpaired) electrons. The number of hydrogen-bond acceptors (Lipinski definition) is 3. The van der Waals surface area contributed by atoms with Crippen LogP contribution in [0.3, 0.4) is 0 Å². The molecular formula is C27H22O4. The Bertz CT molecular complexity index is 1220. The van der Waals surface area contributed by atoms with Crippen molar-refractivity contribution in [1.82, 2.24) is 0 Å². The van der Waals surface area contributed by atoms with Gasteiger partial charge in [0.15, 0.2) is 0 Å². The third-order valence-electron chi connectivity index (χ3n) is 5.24. The van der Waals surface area contributed by atoms with E-state index in [1.54, 1.807) is 31.4 Å². The summed E-state index contributed by atoms with van der Waals surface area (Å²) in [4.78, 5) is 11.4. The van der Waals surface area contributed by atoms with E-state index in [-0.39, 0.29) is 0 Å². The molecule has 0 aliphatic carbocycles. The Balaban J connectivity index is 1.76. The molecule has 0 saturated carbocycles. The van der Waals surface area contributed by atoms with Gasteiger partial charge in [0.2, 0.25) is 0 Å². The van der Waals surface area contributed by atoms with Gasteiger partial charge in [-0.1, -0.05) is 60.7 Å². The van der Waals surface area contributed by atoms with Gasteiger partial charge in [0.25, 0.3) is 0 Å². The van der Waals surface area contributed by atoms with Gasteiger partial charge in [0.05, 0.1) is 13.0 Å². The van der Waals surface area contributed by atoms with Gasteiger partial charge in [-0.05, 0) is 46.8 Å². The highest BCUT2D eigenvalue weighted by molar-refractivity contribution is 5.95. The van der Waals surface area contributed by atoms with E-state index < -0.39 is 11.9 Å². The molecule has 4 nitrogen and oxygen atoms in total. The summed E-state index contributed by atoms with van der Waals surface area (Å²) in [6.07, 6.45) is 1.42. The van der Waals surface area contributed by atoms with Crippen LogP contribution in [0.5, 0.6) is 17.2 Å². The first-order valence-corrected chi connectivity index (χ1v) is 9.90. The minimum atomic E-state index is -0.931. The van der Waals surface area contributed by atoms with Crippen molar-refractivity contribution in [2.75, 3.05) is 7.11 Å². The fourth-order valence-corrected chi connectivity index (χ4v) is 3.59. The second kappa shape index (κ2) is 8.76. The molecule has 0 saturated heterocycles. The first kappa shape index (κ1) is 20.2. The van der Waals surface area contributed by atoms with Gasteiger partial charge in [-0.15, -0.1) is 6.58 Å². The summed E-state index contributed by atoms with van der Waals surface area (Å²) in [6, 6.07) is 27.1. The highest BCUT2D eigenvalue weighted by Gasteiger charge is 2.16. The highest BCUT2D eigenvalue weighted by atomic mass is 16.5. The van der Waals surface area contributed by atoms with E-state index in [0.29, 0.717) is 11.3 Å². The van der Waals surface area contributed by atoms with Crippen molar-refractivity contribution in [2.45, 2.75) is 5.92 Å². The van der Waals surface area contributed by atoms with Crippen molar-refractivity contribution in [3.8, 4) is 28.4 Å². The van der Waals surface area contributed by atoms with Crippen molar-refractivity contribution >= 4 is 16.7 Å². The van der Waals surface area contributed by atoms with Crippen LogP contribution in [-0.4, -0.2) is 18.2 Å². The number of ether oxygens (including phenoxy) is 2. The first-order valence-electron chi connectivity index (χ1n) is 9.90. The fraction of sp³-hybridized carbons (Fsp3) is 0.0741. The Morgan fingerprint density at radius 2 is 1.58 bits per heavy atom. The second-order valence-electron chi connectivity index (χ2n) is 7.11. The average Bonchev–Trinajstić information content (AvgIpc) is 2.81. The summed E-state index contributed by atoms with van der Waals surface area (Å²) in [5.41, 5.74) is 2.62. The maximum Gasteiger partial charge on any atom is 0.314 e. The van der Waals surface area contributed by atoms with Gasteiger partial charge in [0, 0.05) is 10.9 Å². The number of fused-ring (bicyclic) bond motifs is 1. The quantitative estimate of drug-likeness (QED) is 0.346. The lowest BCUT2D eigenvalue weighted by Gasteiger charge is -2.16. The molecule has 4 aromatic carbocycles. The van der Waals surface area contributed by atoms with Crippen molar-refractivity contribution in [3.05, 3.63) is 103 Å². The number of carboxylic acids is 1. The van der Waals surface area contributed by atoms with Crippen LogP contribution >= 0.6 is 0 Å². The molecule has 4 heteroatoms. The van der Waals surface area contributed by atoms with Crippen molar-refractivity contribution in [1.29, 1.82) is 0 Å². The Kier molecular flexibility index (Phi) is 5.72. The summed E-state index contributed by atoms with van der Waals surface area (Å²) < 4.78 is 11.6. The maximum atomic E-state index is 11.4. The third-order valence-corrected chi connectivity index (χ3v) is 5.24. The normalized spacial score (nSPS) is 11.6. The van der Waals surface area contributed by atoms with Crippen LogP contribution < -0.4 is 9.47 Å². The van der Waals surface area contributed by atoms with Gasteiger partial charge in [-0.25, -0.2) is 0 Å². The van der Waals surface area contributed by atoms with Crippen LogP contribution in [0.2, 0.25) is 0 Å². The monoisotopic (exact) mass is 410 g/mol. The number of benzene rings is 4. The first-order chi connectivity index (χ1) is 15.1. The molecular weight excluding hydrogens is 388 g/mol. The third kappa shape index (κ3) is 4.14. The highest BCUT2D eigenvalue weighted by Crippen LogP contribution is 2.40. The lowest BCUT2D eigenvalue weighted by atomic mass is 9.99. The van der Waals surface area contributed by atoms with Crippen LogP contribution in [0.25, 0.3) is 21.9 Å². The summed E-state index contributed by atoms with van der Waals surface area (Å²) >= 11 is 0. The minimum absolute atomic E-state index is 0.628.